The highest BCUT2D eigenvalue weighted by molar-refractivity contribution is 6.02. The molecule has 0 unspecified atom stereocenters. The van der Waals surface area contributed by atoms with Crippen molar-refractivity contribution in [3.8, 4) is 0 Å². The molecule has 0 heterocycles. The quantitative estimate of drug-likeness (QED) is 0.707. The lowest BCUT2D eigenvalue weighted by atomic mass is 9.91. The Kier molecular flexibility index (Phi) is 3.30. The van der Waals surface area contributed by atoms with Gasteiger partial charge in [-0.15, -0.1) is 0 Å². The highest BCUT2D eigenvalue weighted by Crippen LogP contribution is 2.18. The van der Waals surface area contributed by atoms with E-state index in [1.54, 1.807) is 0 Å². The van der Waals surface area contributed by atoms with E-state index in [2.05, 4.69) is 0 Å². The van der Waals surface area contributed by atoms with E-state index in [0.717, 1.165) is 11.1 Å². The van der Waals surface area contributed by atoms with Crippen molar-refractivity contribution < 1.29 is 4.79 Å². The molecule has 1 rings (SSSR count). The van der Waals surface area contributed by atoms with Gasteiger partial charge in [-0.25, -0.2) is 0 Å². The highest BCUT2D eigenvalue weighted by Gasteiger charge is 2.30. The maximum atomic E-state index is 12.2. The first-order valence-electron chi connectivity index (χ1n) is 5.14. The summed E-state index contributed by atoms with van der Waals surface area (Å²) in [6.45, 7) is 5.88. The second-order valence-corrected chi connectivity index (χ2v) is 4.65. The van der Waals surface area contributed by atoms with Crippen LogP contribution >= 0.6 is 0 Å². The maximum absolute atomic E-state index is 12.2. The summed E-state index contributed by atoms with van der Waals surface area (Å²) in [7, 11) is 3.85. The fourth-order valence-corrected chi connectivity index (χ4v) is 1.34. The lowest BCUT2D eigenvalue weighted by molar-refractivity contribution is 0.0755. The normalized spacial score (nSPS) is 11.9. The molecular formula is C13H19NO. The van der Waals surface area contributed by atoms with Gasteiger partial charge < -0.3 is 0 Å². The zero-order chi connectivity index (χ0) is 11.6. The van der Waals surface area contributed by atoms with E-state index in [0.29, 0.717) is 0 Å². The Bertz CT molecular complexity index is 367. The molecule has 2 heteroatoms. The monoisotopic (exact) mass is 205 g/mol. The number of carbonyl (C=O) groups is 1. The van der Waals surface area contributed by atoms with E-state index in [9.17, 15) is 4.79 Å². The first-order valence-corrected chi connectivity index (χ1v) is 5.14. The van der Waals surface area contributed by atoms with Gasteiger partial charge in [0, 0.05) is 5.56 Å². The molecule has 0 atom stereocenters. The summed E-state index contributed by atoms with van der Waals surface area (Å²) in [5.41, 5.74) is 1.46. The number of rotatable bonds is 3. The fraction of sp³-hybridized carbons (Fsp3) is 0.462. The molecule has 0 radical (unpaired) electrons. The summed E-state index contributed by atoms with van der Waals surface area (Å²) >= 11 is 0. The molecule has 2 nitrogen and oxygen atoms in total. The van der Waals surface area contributed by atoms with Crippen LogP contribution in [0, 0.1) is 6.92 Å². The third kappa shape index (κ3) is 2.45. The van der Waals surface area contributed by atoms with Gasteiger partial charge in [0.2, 0.25) is 0 Å². The number of likely N-dealkylation sites (N-methyl/N-ethyl adjacent to an activating group) is 1. The van der Waals surface area contributed by atoms with Gasteiger partial charge in [0.05, 0.1) is 5.54 Å². The minimum atomic E-state index is -0.451. The molecule has 0 saturated heterocycles. The second-order valence-electron chi connectivity index (χ2n) is 4.65. The smallest absolute Gasteiger partial charge is 0.182 e. The lowest BCUT2D eigenvalue weighted by Crippen LogP contribution is -2.45. The molecule has 0 aliphatic carbocycles. The zero-order valence-corrected chi connectivity index (χ0v) is 10.2. The van der Waals surface area contributed by atoms with Crippen LogP contribution in [0.15, 0.2) is 24.3 Å². The molecule has 0 aromatic heterocycles. The average molecular weight is 205 g/mol. The molecule has 1 aromatic carbocycles. The first kappa shape index (κ1) is 11.9. The van der Waals surface area contributed by atoms with Crippen LogP contribution in [0.4, 0.5) is 0 Å². The summed E-state index contributed by atoms with van der Waals surface area (Å²) in [5.74, 6) is 0.163. The summed E-state index contributed by atoms with van der Waals surface area (Å²) in [6, 6.07) is 7.74. The second kappa shape index (κ2) is 4.15. The molecule has 0 bridgehead atoms. The molecule has 0 aliphatic heterocycles. The van der Waals surface area contributed by atoms with Gasteiger partial charge in [-0.1, -0.05) is 23.8 Å². The summed E-state index contributed by atoms with van der Waals surface area (Å²) in [5, 5.41) is 0. The molecule has 15 heavy (non-hydrogen) atoms. The Morgan fingerprint density at radius 3 is 2.33 bits per heavy atom. The molecule has 0 fully saturated rings. The van der Waals surface area contributed by atoms with E-state index in [4.69, 9.17) is 0 Å². The van der Waals surface area contributed by atoms with Crippen molar-refractivity contribution in [1.82, 2.24) is 4.90 Å². The van der Waals surface area contributed by atoms with Crippen LogP contribution in [-0.2, 0) is 0 Å². The number of nitrogens with zero attached hydrogens (tertiary/aromatic N) is 1. The Morgan fingerprint density at radius 2 is 1.87 bits per heavy atom. The van der Waals surface area contributed by atoms with Gasteiger partial charge in [-0.3, -0.25) is 9.69 Å². The Morgan fingerprint density at radius 1 is 1.27 bits per heavy atom. The first-order chi connectivity index (χ1) is 6.85. The summed E-state index contributed by atoms with van der Waals surface area (Å²) < 4.78 is 0. The van der Waals surface area contributed by atoms with Crippen molar-refractivity contribution in [1.29, 1.82) is 0 Å². The number of aryl methyl sites for hydroxylation is 1. The van der Waals surface area contributed by atoms with Gasteiger partial charge in [0.1, 0.15) is 0 Å². The molecular weight excluding hydrogens is 186 g/mol. The zero-order valence-electron chi connectivity index (χ0n) is 10.2. The van der Waals surface area contributed by atoms with Crippen molar-refractivity contribution in [3.63, 3.8) is 0 Å². The largest absolute Gasteiger partial charge is 0.297 e. The van der Waals surface area contributed by atoms with Crippen molar-refractivity contribution >= 4 is 5.78 Å². The van der Waals surface area contributed by atoms with Crippen LogP contribution in [0.5, 0.6) is 0 Å². The predicted molar refractivity (Wildman–Crippen MR) is 63.3 cm³/mol. The van der Waals surface area contributed by atoms with E-state index in [1.807, 2.05) is 64.0 Å². The molecule has 0 aliphatic rings. The van der Waals surface area contributed by atoms with Crippen molar-refractivity contribution in [2.24, 2.45) is 0 Å². The Balaban J connectivity index is 3.05. The number of carbonyl (C=O) groups excluding carboxylic acids is 1. The van der Waals surface area contributed by atoms with E-state index < -0.39 is 5.54 Å². The van der Waals surface area contributed by atoms with Crippen LogP contribution in [0.25, 0.3) is 0 Å². The molecule has 0 amide bonds. The number of hydrogen-bond donors (Lipinski definition) is 0. The number of benzene rings is 1. The predicted octanol–water partition coefficient (Wildman–Crippen LogP) is 2.52. The van der Waals surface area contributed by atoms with Crippen molar-refractivity contribution in [3.05, 3.63) is 35.4 Å². The van der Waals surface area contributed by atoms with Crippen LogP contribution < -0.4 is 0 Å². The standard InChI is InChI=1S/C13H19NO/c1-10-7-6-8-11(9-10)12(15)13(2,3)14(4)5/h6-9H,1-5H3. The van der Waals surface area contributed by atoms with Gasteiger partial charge in [-0.05, 0) is 40.9 Å². The minimum Gasteiger partial charge on any atom is -0.297 e. The fourth-order valence-electron chi connectivity index (χ4n) is 1.34. The van der Waals surface area contributed by atoms with E-state index >= 15 is 0 Å². The van der Waals surface area contributed by atoms with Gasteiger partial charge in [0.25, 0.3) is 0 Å². The molecule has 0 N–H and O–H groups in total. The maximum Gasteiger partial charge on any atom is 0.182 e. The van der Waals surface area contributed by atoms with E-state index in [1.165, 1.54) is 0 Å². The molecule has 0 saturated carbocycles. The summed E-state index contributed by atoms with van der Waals surface area (Å²) in [6.07, 6.45) is 0. The van der Waals surface area contributed by atoms with Gasteiger partial charge in [-0.2, -0.15) is 0 Å². The van der Waals surface area contributed by atoms with Crippen molar-refractivity contribution in [2.45, 2.75) is 26.3 Å². The minimum absolute atomic E-state index is 0.163. The van der Waals surface area contributed by atoms with Crippen LogP contribution in [0.2, 0.25) is 0 Å². The SMILES string of the molecule is Cc1cccc(C(=O)C(C)(C)N(C)C)c1. The molecule has 82 valence electrons. The van der Waals surface area contributed by atoms with Gasteiger partial charge >= 0.3 is 0 Å². The third-order valence-corrected chi connectivity index (χ3v) is 2.95. The van der Waals surface area contributed by atoms with Crippen LogP contribution in [0.3, 0.4) is 0 Å². The molecule has 0 spiro atoms. The number of Topliss-reactive ketones (excluding diaryl/α,β-unsaturated/α-hetero) is 1. The van der Waals surface area contributed by atoms with Crippen LogP contribution in [-0.4, -0.2) is 30.3 Å². The Labute approximate surface area is 91.9 Å². The topological polar surface area (TPSA) is 20.3 Å². The lowest BCUT2D eigenvalue weighted by Gasteiger charge is -2.30. The molecule has 1 aromatic rings. The highest BCUT2D eigenvalue weighted by atomic mass is 16.1. The summed E-state index contributed by atoms with van der Waals surface area (Å²) in [4.78, 5) is 14.2. The van der Waals surface area contributed by atoms with Crippen molar-refractivity contribution in [2.75, 3.05) is 14.1 Å². The average Bonchev–Trinajstić information content (AvgIpc) is 2.16. The van der Waals surface area contributed by atoms with E-state index in [-0.39, 0.29) is 5.78 Å². The number of ketones is 1. The third-order valence-electron chi connectivity index (χ3n) is 2.95. The van der Waals surface area contributed by atoms with Crippen LogP contribution in [0.1, 0.15) is 29.8 Å². The Hall–Kier alpha value is -1.15. The number of hydrogen-bond acceptors (Lipinski definition) is 2. The van der Waals surface area contributed by atoms with Gasteiger partial charge in [0.15, 0.2) is 5.78 Å².